The molecule has 6 heteroatoms. The maximum atomic E-state index is 13.3. The number of fused-ring (bicyclic) bond motifs is 1. The first-order valence-electron chi connectivity index (χ1n) is 9.60. The van der Waals surface area contributed by atoms with Crippen LogP contribution in [0.25, 0.3) is 10.9 Å². The van der Waals surface area contributed by atoms with E-state index in [2.05, 4.69) is 28.7 Å². The van der Waals surface area contributed by atoms with Crippen molar-refractivity contribution in [1.29, 1.82) is 0 Å². The molecule has 0 fully saturated rings. The minimum atomic E-state index is -0.357. The molecule has 1 aromatic heterocycles. The van der Waals surface area contributed by atoms with Crippen LogP contribution in [0.3, 0.4) is 0 Å². The van der Waals surface area contributed by atoms with Gasteiger partial charge in [0.15, 0.2) is 5.88 Å². The van der Waals surface area contributed by atoms with Crippen molar-refractivity contribution in [1.82, 2.24) is 9.88 Å². The van der Waals surface area contributed by atoms with Crippen LogP contribution < -0.4 is 4.74 Å². The second-order valence-electron chi connectivity index (χ2n) is 6.56. The van der Waals surface area contributed by atoms with E-state index < -0.39 is 0 Å². The Bertz CT molecular complexity index is 931. The number of halogens is 1. The molecular formula is C22H26FN3O2. The number of aliphatic imine (C=N–C) groups is 1. The summed E-state index contributed by atoms with van der Waals surface area (Å²) in [5.41, 5.74) is 1.81. The van der Waals surface area contributed by atoms with Crippen LogP contribution >= 0.6 is 0 Å². The lowest BCUT2D eigenvalue weighted by Gasteiger charge is -2.17. The second kappa shape index (κ2) is 9.37. The molecule has 148 valence electrons. The van der Waals surface area contributed by atoms with Crippen LogP contribution in [0.15, 0.2) is 47.5 Å². The van der Waals surface area contributed by atoms with Crippen LogP contribution in [0.1, 0.15) is 25.8 Å². The molecular weight excluding hydrogens is 357 g/mol. The number of nitrogens with zero attached hydrogens (tertiary/aromatic N) is 2. The minimum Gasteiger partial charge on any atom is -0.494 e. The van der Waals surface area contributed by atoms with Gasteiger partial charge in [-0.05, 0) is 62.0 Å². The van der Waals surface area contributed by atoms with Gasteiger partial charge in [0.1, 0.15) is 11.6 Å². The van der Waals surface area contributed by atoms with Gasteiger partial charge in [0.25, 0.3) is 0 Å². The zero-order valence-electron chi connectivity index (χ0n) is 16.3. The minimum absolute atomic E-state index is 0.0301. The summed E-state index contributed by atoms with van der Waals surface area (Å²) in [6.07, 6.45) is 2.56. The normalized spacial score (nSPS) is 11.7. The highest BCUT2D eigenvalue weighted by Gasteiger charge is 2.09. The summed E-state index contributed by atoms with van der Waals surface area (Å²) in [7, 11) is 0. The molecule has 3 aromatic rings. The molecule has 0 aliphatic heterocycles. The standard InChI is InChI=1S/C22H26FN3O2/c1-3-26(4-2)12-5-13-28-18-9-7-17(8-10-18)24-15-20-19-11-6-16(23)14-21(19)25-22(20)27/h6-11,14-15,25,27H,3-5,12-13H2,1-2H3. The van der Waals surface area contributed by atoms with E-state index >= 15 is 0 Å². The summed E-state index contributed by atoms with van der Waals surface area (Å²) in [4.78, 5) is 9.53. The summed E-state index contributed by atoms with van der Waals surface area (Å²) in [5.74, 6) is 0.423. The van der Waals surface area contributed by atoms with Crippen molar-refractivity contribution in [2.75, 3.05) is 26.2 Å². The Hall–Kier alpha value is -2.86. The van der Waals surface area contributed by atoms with Gasteiger partial charge in [0.05, 0.1) is 23.4 Å². The SMILES string of the molecule is CCN(CC)CCCOc1ccc(N=Cc2c(O)[nH]c3cc(F)ccc23)cc1. The largest absolute Gasteiger partial charge is 0.494 e. The molecule has 1 heterocycles. The van der Waals surface area contributed by atoms with Gasteiger partial charge in [-0.1, -0.05) is 13.8 Å². The van der Waals surface area contributed by atoms with Gasteiger partial charge >= 0.3 is 0 Å². The molecule has 0 amide bonds. The second-order valence-corrected chi connectivity index (χ2v) is 6.56. The first-order valence-corrected chi connectivity index (χ1v) is 9.60. The van der Waals surface area contributed by atoms with E-state index in [-0.39, 0.29) is 11.7 Å². The number of aromatic nitrogens is 1. The van der Waals surface area contributed by atoms with Crippen LogP contribution in [-0.2, 0) is 0 Å². The molecule has 0 spiro atoms. The van der Waals surface area contributed by atoms with Crippen LogP contribution in [0, 0.1) is 5.82 Å². The maximum Gasteiger partial charge on any atom is 0.198 e. The van der Waals surface area contributed by atoms with E-state index in [4.69, 9.17) is 4.74 Å². The Morgan fingerprint density at radius 1 is 1.14 bits per heavy atom. The number of ether oxygens (including phenoxy) is 1. The number of rotatable bonds is 9. The van der Waals surface area contributed by atoms with Crippen molar-refractivity contribution in [3.8, 4) is 11.6 Å². The van der Waals surface area contributed by atoms with Gasteiger partial charge < -0.3 is 19.7 Å². The van der Waals surface area contributed by atoms with Gasteiger partial charge in [-0.2, -0.15) is 0 Å². The topological polar surface area (TPSA) is 60.9 Å². The number of H-pyrrole nitrogens is 1. The number of hydrogen-bond donors (Lipinski definition) is 2. The summed E-state index contributed by atoms with van der Waals surface area (Å²) in [6.45, 7) is 8.16. The molecule has 0 saturated carbocycles. The number of aromatic hydroxyl groups is 1. The Morgan fingerprint density at radius 2 is 1.89 bits per heavy atom. The number of nitrogens with one attached hydrogen (secondary N) is 1. The monoisotopic (exact) mass is 383 g/mol. The first-order chi connectivity index (χ1) is 13.6. The fourth-order valence-corrected chi connectivity index (χ4v) is 3.09. The van der Waals surface area contributed by atoms with Crippen LogP contribution in [0.5, 0.6) is 11.6 Å². The van der Waals surface area contributed by atoms with Crippen molar-refractivity contribution < 1.29 is 14.2 Å². The van der Waals surface area contributed by atoms with Crippen molar-refractivity contribution in [2.45, 2.75) is 20.3 Å². The van der Waals surface area contributed by atoms with Crippen molar-refractivity contribution in [3.63, 3.8) is 0 Å². The van der Waals surface area contributed by atoms with Crippen LogP contribution in [0.4, 0.5) is 10.1 Å². The van der Waals surface area contributed by atoms with Gasteiger partial charge in [-0.3, -0.25) is 4.99 Å². The van der Waals surface area contributed by atoms with Crippen molar-refractivity contribution >= 4 is 22.8 Å². The van der Waals surface area contributed by atoms with Crippen LogP contribution in [-0.4, -0.2) is 47.4 Å². The summed E-state index contributed by atoms with van der Waals surface area (Å²) >= 11 is 0. The quantitative estimate of drug-likeness (QED) is 0.409. The average molecular weight is 383 g/mol. The zero-order chi connectivity index (χ0) is 19.9. The number of hydrogen-bond acceptors (Lipinski definition) is 4. The highest BCUT2D eigenvalue weighted by atomic mass is 19.1. The highest BCUT2D eigenvalue weighted by Crippen LogP contribution is 2.27. The molecule has 0 aliphatic rings. The third kappa shape index (κ3) is 4.89. The molecule has 0 bridgehead atoms. The van der Waals surface area contributed by atoms with E-state index in [1.54, 1.807) is 12.3 Å². The molecule has 0 radical (unpaired) electrons. The maximum absolute atomic E-state index is 13.3. The number of aromatic amines is 1. The number of benzene rings is 2. The predicted molar refractivity (Wildman–Crippen MR) is 112 cm³/mol. The molecule has 5 nitrogen and oxygen atoms in total. The van der Waals surface area contributed by atoms with E-state index in [0.717, 1.165) is 42.9 Å². The van der Waals surface area contributed by atoms with Gasteiger partial charge in [-0.15, -0.1) is 0 Å². The van der Waals surface area contributed by atoms with E-state index in [0.29, 0.717) is 17.7 Å². The molecule has 0 atom stereocenters. The molecule has 28 heavy (non-hydrogen) atoms. The van der Waals surface area contributed by atoms with Crippen LogP contribution in [0.2, 0.25) is 0 Å². The van der Waals surface area contributed by atoms with Gasteiger partial charge in [0.2, 0.25) is 0 Å². The van der Waals surface area contributed by atoms with Crippen molar-refractivity contribution in [2.24, 2.45) is 4.99 Å². The molecule has 2 aromatic carbocycles. The van der Waals surface area contributed by atoms with E-state index in [9.17, 15) is 9.50 Å². The summed E-state index contributed by atoms with van der Waals surface area (Å²) < 4.78 is 19.1. The average Bonchev–Trinajstić information content (AvgIpc) is 3.01. The smallest absolute Gasteiger partial charge is 0.198 e. The van der Waals surface area contributed by atoms with E-state index in [1.165, 1.54) is 12.1 Å². The Balaban J connectivity index is 1.59. The molecule has 0 unspecified atom stereocenters. The Labute approximate surface area is 164 Å². The highest BCUT2D eigenvalue weighted by molar-refractivity contribution is 6.02. The fourth-order valence-electron chi connectivity index (χ4n) is 3.09. The predicted octanol–water partition coefficient (Wildman–Crippen LogP) is 4.87. The first kappa shape index (κ1) is 19.9. The van der Waals surface area contributed by atoms with Gasteiger partial charge in [-0.25, -0.2) is 4.39 Å². The van der Waals surface area contributed by atoms with Gasteiger partial charge in [0, 0.05) is 18.1 Å². The molecule has 3 rings (SSSR count). The summed E-state index contributed by atoms with van der Waals surface area (Å²) in [5, 5.41) is 10.8. The third-order valence-electron chi connectivity index (χ3n) is 4.74. The zero-order valence-corrected chi connectivity index (χ0v) is 16.3. The Morgan fingerprint density at radius 3 is 2.61 bits per heavy atom. The lowest BCUT2D eigenvalue weighted by atomic mass is 10.2. The third-order valence-corrected chi connectivity index (χ3v) is 4.74. The Kier molecular flexibility index (Phi) is 6.66. The van der Waals surface area contributed by atoms with E-state index in [1.807, 2.05) is 24.3 Å². The molecule has 0 saturated heterocycles. The lowest BCUT2D eigenvalue weighted by molar-refractivity contribution is 0.249. The summed E-state index contributed by atoms with van der Waals surface area (Å²) in [6, 6.07) is 11.8. The fraction of sp³-hybridized carbons (Fsp3) is 0.318. The lowest BCUT2D eigenvalue weighted by Crippen LogP contribution is -2.25. The molecule has 2 N–H and O–H groups in total. The van der Waals surface area contributed by atoms with Crippen molar-refractivity contribution in [3.05, 3.63) is 53.8 Å². The molecule has 0 aliphatic carbocycles.